The van der Waals surface area contributed by atoms with E-state index < -0.39 is 5.97 Å². The summed E-state index contributed by atoms with van der Waals surface area (Å²) in [4.78, 5) is 10.7. The normalized spacial score (nSPS) is 11.2. The molecule has 0 fully saturated rings. The average Bonchev–Trinajstić information content (AvgIpc) is 2.07. The molecule has 1 N–H and O–H groups in total. The summed E-state index contributed by atoms with van der Waals surface area (Å²) in [7, 11) is 0. The Morgan fingerprint density at radius 3 is 2.33 bits per heavy atom. The highest BCUT2D eigenvalue weighted by molar-refractivity contribution is 6.15. The van der Waals surface area contributed by atoms with Gasteiger partial charge in [0.1, 0.15) is 0 Å². The standard InChI is InChI=1S/C10H10O2/c1-2-9(10(11)12)8-6-4-3-5-7-8/h2-7H,1H3,(H,11,12)/b9-2-. The van der Waals surface area contributed by atoms with E-state index in [0.717, 1.165) is 5.56 Å². The topological polar surface area (TPSA) is 37.3 Å². The summed E-state index contributed by atoms with van der Waals surface area (Å²) in [5.74, 6) is -0.885. The maximum atomic E-state index is 10.7. The zero-order chi connectivity index (χ0) is 8.97. The third-order valence-corrected chi connectivity index (χ3v) is 1.60. The highest BCUT2D eigenvalue weighted by Gasteiger charge is 2.06. The Morgan fingerprint density at radius 2 is 1.92 bits per heavy atom. The molecule has 0 spiro atoms. The summed E-state index contributed by atoms with van der Waals surface area (Å²) in [5.41, 5.74) is 1.09. The molecule has 0 aliphatic heterocycles. The van der Waals surface area contributed by atoms with Crippen LogP contribution in [0.2, 0.25) is 0 Å². The molecule has 2 nitrogen and oxygen atoms in total. The molecule has 62 valence electrons. The largest absolute Gasteiger partial charge is 0.478 e. The monoisotopic (exact) mass is 162 g/mol. The van der Waals surface area contributed by atoms with Gasteiger partial charge in [-0.05, 0) is 12.5 Å². The van der Waals surface area contributed by atoms with Crippen LogP contribution in [-0.4, -0.2) is 11.1 Å². The van der Waals surface area contributed by atoms with Crippen molar-refractivity contribution in [3.63, 3.8) is 0 Å². The zero-order valence-corrected chi connectivity index (χ0v) is 6.82. The van der Waals surface area contributed by atoms with Crippen molar-refractivity contribution >= 4 is 11.5 Å². The molecular formula is C10H10O2. The molecule has 0 aliphatic carbocycles. The molecule has 0 bridgehead atoms. The second-order valence-corrected chi connectivity index (χ2v) is 2.37. The Balaban J connectivity index is 3.05. The quantitative estimate of drug-likeness (QED) is 0.676. The second kappa shape index (κ2) is 3.72. The number of carboxylic acids is 1. The minimum absolute atomic E-state index is 0.343. The van der Waals surface area contributed by atoms with Gasteiger partial charge in [-0.3, -0.25) is 0 Å². The maximum absolute atomic E-state index is 10.7. The molecule has 0 radical (unpaired) electrons. The fourth-order valence-corrected chi connectivity index (χ4v) is 1.03. The Morgan fingerprint density at radius 1 is 1.33 bits per heavy atom. The minimum atomic E-state index is -0.885. The van der Waals surface area contributed by atoms with Gasteiger partial charge in [0.2, 0.25) is 0 Å². The van der Waals surface area contributed by atoms with Gasteiger partial charge in [0.05, 0.1) is 5.57 Å². The van der Waals surface area contributed by atoms with Crippen molar-refractivity contribution in [1.82, 2.24) is 0 Å². The van der Waals surface area contributed by atoms with Gasteiger partial charge in [0, 0.05) is 0 Å². The number of hydrogen-bond acceptors (Lipinski definition) is 1. The van der Waals surface area contributed by atoms with E-state index in [1.54, 1.807) is 25.1 Å². The van der Waals surface area contributed by atoms with Crippen LogP contribution in [0.1, 0.15) is 12.5 Å². The SMILES string of the molecule is C/C=C(\C(=O)O)c1ccccc1. The molecule has 12 heavy (non-hydrogen) atoms. The van der Waals surface area contributed by atoms with Crippen molar-refractivity contribution in [3.05, 3.63) is 42.0 Å². The number of allylic oxidation sites excluding steroid dienone is 1. The average molecular weight is 162 g/mol. The third kappa shape index (κ3) is 1.72. The van der Waals surface area contributed by atoms with E-state index in [9.17, 15) is 4.79 Å². The van der Waals surface area contributed by atoms with Gasteiger partial charge in [-0.25, -0.2) is 4.79 Å². The van der Waals surface area contributed by atoms with E-state index in [0.29, 0.717) is 5.57 Å². The van der Waals surface area contributed by atoms with Crippen molar-refractivity contribution in [1.29, 1.82) is 0 Å². The lowest BCUT2D eigenvalue weighted by molar-refractivity contribution is -0.130. The lowest BCUT2D eigenvalue weighted by Gasteiger charge is -1.99. The number of rotatable bonds is 2. The Bertz CT molecular complexity index is 299. The molecule has 0 atom stereocenters. The lowest BCUT2D eigenvalue weighted by Crippen LogP contribution is -1.98. The molecule has 0 aliphatic rings. The number of carbonyl (C=O) groups is 1. The zero-order valence-electron chi connectivity index (χ0n) is 6.82. The van der Waals surface area contributed by atoms with Crippen LogP contribution in [-0.2, 0) is 4.79 Å². The first kappa shape index (κ1) is 8.53. The van der Waals surface area contributed by atoms with E-state index in [-0.39, 0.29) is 0 Å². The number of aliphatic carboxylic acids is 1. The summed E-state index contributed by atoms with van der Waals surface area (Å²) in [6.45, 7) is 1.72. The van der Waals surface area contributed by atoms with Crippen molar-refractivity contribution < 1.29 is 9.90 Å². The van der Waals surface area contributed by atoms with Gasteiger partial charge >= 0.3 is 5.97 Å². The molecular weight excluding hydrogens is 152 g/mol. The fourth-order valence-electron chi connectivity index (χ4n) is 1.03. The van der Waals surface area contributed by atoms with E-state index in [1.165, 1.54) is 0 Å². The van der Waals surface area contributed by atoms with Crippen LogP contribution in [0.5, 0.6) is 0 Å². The van der Waals surface area contributed by atoms with Gasteiger partial charge in [-0.15, -0.1) is 0 Å². The van der Waals surface area contributed by atoms with Gasteiger partial charge in [-0.1, -0.05) is 36.4 Å². The summed E-state index contributed by atoms with van der Waals surface area (Å²) in [6, 6.07) is 9.06. The first-order valence-corrected chi connectivity index (χ1v) is 3.70. The highest BCUT2D eigenvalue weighted by Crippen LogP contribution is 2.13. The van der Waals surface area contributed by atoms with Crippen LogP contribution < -0.4 is 0 Å². The molecule has 0 unspecified atom stereocenters. The number of hydrogen-bond donors (Lipinski definition) is 1. The first-order valence-electron chi connectivity index (χ1n) is 3.70. The minimum Gasteiger partial charge on any atom is -0.478 e. The van der Waals surface area contributed by atoms with Crippen LogP contribution in [0.25, 0.3) is 5.57 Å². The smallest absolute Gasteiger partial charge is 0.335 e. The van der Waals surface area contributed by atoms with Gasteiger partial charge < -0.3 is 5.11 Å². The van der Waals surface area contributed by atoms with E-state index in [2.05, 4.69) is 0 Å². The van der Waals surface area contributed by atoms with Crippen molar-refractivity contribution in [2.45, 2.75) is 6.92 Å². The Labute approximate surface area is 71.2 Å². The van der Waals surface area contributed by atoms with Crippen LogP contribution in [0.4, 0.5) is 0 Å². The number of benzene rings is 1. The van der Waals surface area contributed by atoms with Crippen molar-refractivity contribution in [2.75, 3.05) is 0 Å². The summed E-state index contributed by atoms with van der Waals surface area (Å²) < 4.78 is 0. The summed E-state index contributed by atoms with van der Waals surface area (Å²) in [5, 5.41) is 8.76. The van der Waals surface area contributed by atoms with E-state index in [1.807, 2.05) is 18.2 Å². The molecule has 0 aromatic heterocycles. The van der Waals surface area contributed by atoms with E-state index in [4.69, 9.17) is 5.11 Å². The fraction of sp³-hybridized carbons (Fsp3) is 0.100. The van der Waals surface area contributed by atoms with Gasteiger partial charge in [0.25, 0.3) is 0 Å². The number of carboxylic acid groups (broad SMARTS) is 1. The van der Waals surface area contributed by atoms with E-state index >= 15 is 0 Å². The lowest BCUT2D eigenvalue weighted by atomic mass is 10.1. The maximum Gasteiger partial charge on any atom is 0.335 e. The van der Waals surface area contributed by atoms with Crippen LogP contribution in [0.15, 0.2) is 36.4 Å². The molecule has 0 saturated carbocycles. The van der Waals surface area contributed by atoms with Gasteiger partial charge in [0.15, 0.2) is 0 Å². The molecule has 1 aromatic carbocycles. The molecule has 0 heterocycles. The van der Waals surface area contributed by atoms with Crippen LogP contribution in [0.3, 0.4) is 0 Å². The summed E-state index contributed by atoms with van der Waals surface area (Å²) in [6.07, 6.45) is 1.59. The summed E-state index contributed by atoms with van der Waals surface area (Å²) >= 11 is 0. The van der Waals surface area contributed by atoms with Gasteiger partial charge in [-0.2, -0.15) is 0 Å². The Hall–Kier alpha value is -1.57. The third-order valence-electron chi connectivity index (χ3n) is 1.60. The molecule has 0 saturated heterocycles. The van der Waals surface area contributed by atoms with Crippen molar-refractivity contribution in [2.24, 2.45) is 0 Å². The Kier molecular flexibility index (Phi) is 2.64. The predicted octanol–water partition coefficient (Wildman–Crippen LogP) is 2.17. The molecule has 0 amide bonds. The molecule has 2 heteroatoms. The predicted molar refractivity (Wildman–Crippen MR) is 47.7 cm³/mol. The highest BCUT2D eigenvalue weighted by atomic mass is 16.4. The van der Waals surface area contributed by atoms with Crippen LogP contribution >= 0.6 is 0 Å². The first-order chi connectivity index (χ1) is 5.75. The molecule has 1 aromatic rings. The van der Waals surface area contributed by atoms with Crippen molar-refractivity contribution in [3.8, 4) is 0 Å². The van der Waals surface area contributed by atoms with Crippen LogP contribution in [0, 0.1) is 0 Å². The second-order valence-electron chi connectivity index (χ2n) is 2.37. The molecule has 1 rings (SSSR count).